The number of benzene rings is 1. The first-order valence-electron chi connectivity index (χ1n) is 9.28. The summed E-state index contributed by atoms with van der Waals surface area (Å²) in [6.45, 7) is 0.208. The number of amides is 1. The third-order valence-corrected chi connectivity index (χ3v) is 5.90. The molecule has 2 aromatic rings. The molecular weight excluding hydrogens is 422 g/mol. The fourth-order valence-corrected chi connectivity index (χ4v) is 4.27. The summed E-state index contributed by atoms with van der Waals surface area (Å²) in [4.78, 5) is 27.3. The summed E-state index contributed by atoms with van der Waals surface area (Å²) in [5, 5.41) is 11.0. The van der Waals surface area contributed by atoms with E-state index in [4.69, 9.17) is 4.42 Å². The molecule has 144 valence electrons. The number of Topliss-reactive ketones (excluding diaryl/α,β-unsaturated/α-hetero) is 1. The number of likely N-dealkylation sites (tertiary alicyclic amines) is 1. The Morgan fingerprint density at radius 1 is 1.18 bits per heavy atom. The number of carbonyl (C=O) groups is 2. The maximum absolute atomic E-state index is 12.9. The van der Waals surface area contributed by atoms with Gasteiger partial charge in [-0.3, -0.25) is 9.59 Å². The maximum Gasteiger partial charge on any atom is 0.295 e. The Bertz CT molecular complexity index is 943. The molecule has 6 heteroatoms. The molecule has 1 amide bonds. The average molecular weight is 442 g/mol. The van der Waals surface area contributed by atoms with Crippen LogP contribution in [0.1, 0.15) is 30.6 Å². The Hall–Kier alpha value is -2.60. The van der Waals surface area contributed by atoms with Gasteiger partial charge in [-0.05, 0) is 49.4 Å². The smallest absolute Gasteiger partial charge is 0.295 e. The van der Waals surface area contributed by atoms with Gasteiger partial charge in [-0.1, -0.05) is 40.2 Å². The molecule has 0 spiro atoms. The Labute approximate surface area is 171 Å². The molecule has 0 bridgehead atoms. The summed E-state index contributed by atoms with van der Waals surface area (Å²) in [6.07, 6.45) is 8.26. The number of carbonyl (C=O) groups excluding carboxylic acids is 2. The number of aliphatic hydroxyl groups is 1. The number of aliphatic hydroxyl groups excluding tert-OH is 1. The van der Waals surface area contributed by atoms with E-state index in [0.29, 0.717) is 11.3 Å². The van der Waals surface area contributed by atoms with Crippen molar-refractivity contribution in [1.29, 1.82) is 0 Å². The monoisotopic (exact) mass is 441 g/mol. The highest BCUT2D eigenvalue weighted by molar-refractivity contribution is 9.10. The molecule has 1 N–H and O–H groups in total. The minimum Gasteiger partial charge on any atom is -0.507 e. The highest BCUT2D eigenvalue weighted by atomic mass is 79.9. The summed E-state index contributed by atoms with van der Waals surface area (Å²) >= 11 is 3.37. The normalized spacial score (nSPS) is 24.1. The highest BCUT2D eigenvalue weighted by Gasteiger charge is 2.48. The lowest BCUT2D eigenvalue weighted by Crippen LogP contribution is -2.39. The molecule has 28 heavy (non-hydrogen) atoms. The molecule has 0 radical (unpaired) electrons. The summed E-state index contributed by atoms with van der Waals surface area (Å²) < 4.78 is 6.28. The SMILES string of the molecule is O=C1C(=O)N(Cc2ccco2)C(C2CC=CCC2)C1=C(O)c1ccc(Br)cc1. The highest BCUT2D eigenvalue weighted by Crippen LogP contribution is 2.38. The van der Waals surface area contributed by atoms with Crippen LogP contribution in [0.15, 0.2) is 69.3 Å². The second-order valence-corrected chi connectivity index (χ2v) is 8.02. The summed E-state index contributed by atoms with van der Waals surface area (Å²) in [7, 11) is 0. The van der Waals surface area contributed by atoms with Crippen LogP contribution in [0.3, 0.4) is 0 Å². The van der Waals surface area contributed by atoms with Gasteiger partial charge in [0.15, 0.2) is 0 Å². The molecule has 2 aliphatic rings. The van der Waals surface area contributed by atoms with E-state index >= 15 is 0 Å². The molecular formula is C22H20BrNO4. The van der Waals surface area contributed by atoms with E-state index in [1.165, 1.54) is 0 Å². The molecule has 0 saturated carbocycles. The average Bonchev–Trinajstić information content (AvgIpc) is 3.31. The second kappa shape index (κ2) is 7.80. The molecule has 1 fully saturated rings. The third kappa shape index (κ3) is 3.44. The molecule has 1 aromatic carbocycles. The van der Waals surface area contributed by atoms with Crippen LogP contribution >= 0.6 is 15.9 Å². The van der Waals surface area contributed by atoms with Gasteiger partial charge in [0, 0.05) is 10.0 Å². The van der Waals surface area contributed by atoms with Crippen molar-refractivity contribution in [3.63, 3.8) is 0 Å². The lowest BCUT2D eigenvalue weighted by molar-refractivity contribution is -0.140. The Morgan fingerprint density at radius 3 is 2.61 bits per heavy atom. The Balaban J connectivity index is 1.79. The summed E-state index contributed by atoms with van der Waals surface area (Å²) in [6, 6.07) is 10.1. The molecule has 2 heterocycles. The minimum absolute atomic E-state index is 0.0722. The van der Waals surface area contributed by atoms with E-state index in [9.17, 15) is 14.7 Å². The fraction of sp³-hybridized carbons (Fsp3) is 0.273. The number of allylic oxidation sites excluding steroid dienone is 2. The molecule has 4 rings (SSSR count). The van der Waals surface area contributed by atoms with E-state index in [2.05, 4.69) is 28.1 Å². The largest absolute Gasteiger partial charge is 0.507 e. The van der Waals surface area contributed by atoms with Crippen molar-refractivity contribution in [1.82, 2.24) is 4.90 Å². The van der Waals surface area contributed by atoms with Gasteiger partial charge in [0.25, 0.3) is 11.7 Å². The van der Waals surface area contributed by atoms with Crippen molar-refractivity contribution >= 4 is 33.4 Å². The number of ketones is 1. The van der Waals surface area contributed by atoms with E-state index < -0.39 is 17.7 Å². The van der Waals surface area contributed by atoms with Gasteiger partial charge in [0.2, 0.25) is 0 Å². The molecule has 1 aromatic heterocycles. The summed E-state index contributed by atoms with van der Waals surface area (Å²) in [5.74, 6) is -0.654. The molecule has 1 aliphatic carbocycles. The first-order valence-corrected chi connectivity index (χ1v) is 10.1. The molecule has 5 nitrogen and oxygen atoms in total. The van der Waals surface area contributed by atoms with Crippen LogP contribution in [0.4, 0.5) is 0 Å². The van der Waals surface area contributed by atoms with E-state index in [-0.39, 0.29) is 23.8 Å². The zero-order valence-corrected chi connectivity index (χ0v) is 16.8. The van der Waals surface area contributed by atoms with Gasteiger partial charge >= 0.3 is 0 Å². The summed E-state index contributed by atoms with van der Waals surface area (Å²) in [5.41, 5.74) is 0.717. The van der Waals surface area contributed by atoms with Crippen molar-refractivity contribution in [2.45, 2.75) is 31.8 Å². The van der Waals surface area contributed by atoms with Crippen LogP contribution in [0, 0.1) is 5.92 Å². The van der Waals surface area contributed by atoms with Gasteiger partial charge in [-0.25, -0.2) is 0 Å². The first-order chi connectivity index (χ1) is 13.6. The topological polar surface area (TPSA) is 70.8 Å². The predicted molar refractivity (Wildman–Crippen MR) is 108 cm³/mol. The zero-order valence-electron chi connectivity index (χ0n) is 15.2. The van der Waals surface area contributed by atoms with Gasteiger partial charge in [0.1, 0.15) is 11.5 Å². The standard InChI is InChI=1S/C22H20BrNO4/c23-16-10-8-15(9-11-16)20(25)18-19(14-5-2-1-3-6-14)24(22(27)21(18)26)13-17-7-4-12-28-17/h1-2,4,7-12,14,19,25H,3,5-6,13H2. The van der Waals surface area contributed by atoms with E-state index in [1.807, 2.05) is 0 Å². The van der Waals surface area contributed by atoms with Crippen molar-refractivity contribution in [3.8, 4) is 0 Å². The molecule has 2 atom stereocenters. The predicted octanol–water partition coefficient (Wildman–Crippen LogP) is 4.65. The van der Waals surface area contributed by atoms with Gasteiger partial charge in [-0.2, -0.15) is 0 Å². The minimum atomic E-state index is -0.633. The number of nitrogens with zero attached hydrogens (tertiary/aromatic N) is 1. The number of hydrogen-bond acceptors (Lipinski definition) is 4. The van der Waals surface area contributed by atoms with E-state index in [1.54, 1.807) is 47.6 Å². The first kappa shape index (κ1) is 18.7. The quantitative estimate of drug-likeness (QED) is 0.324. The number of hydrogen-bond donors (Lipinski definition) is 1. The molecule has 1 aliphatic heterocycles. The zero-order chi connectivity index (χ0) is 19.7. The van der Waals surface area contributed by atoms with Crippen LogP contribution in [0.25, 0.3) is 5.76 Å². The van der Waals surface area contributed by atoms with Gasteiger partial charge in [-0.15, -0.1) is 0 Å². The maximum atomic E-state index is 12.9. The van der Waals surface area contributed by atoms with Gasteiger partial charge in [0.05, 0.1) is 24.4 Å². The number of rotatable bonds is 4. The van der Waals surface area contributed by atoms with Crippen LogP contribution in [-0.4, -0.2) is 27.7 Å². The van der Waals surface area contributed by atoms with Gasteiger partial charge < -0.3 is 14.4 Å². The van der Waals surface area contributed by atoms with Crippen LogP contribution < -0.4 is 0 Å². The fourth-order valence-electron chi connectivity index (χ4n) is 4.01. The molecule has 1 saturated heterocycles. The second-order valence-electron chi connectivity index (χ2n) is 7.10. The molecule has 2 unspecified atom stereocenters. The lowest BCUT2D eigenvalue weighted by atomic mass is 9.83. The number of furan rings is 1. The third-order valence-electron chi connectivity index (χ3n) is 5.37. The Morgan fingerprint density at radius 2 is 1.96 bits per heavy atom. The number of halogens is 1. The van der Waals surface area contributed by atoms with Crippen LogP contribution in [-0.2, 0) is 16.1 Å². The van der Waals surface area contributed by atoms with Crippen molar-refractivity contribution in [2.75, 3.05) is 0 Å². The Kier molecular flexibility index (Phi) is 5.22. The van der Waals surface area contributed by atoms with Crippen molar-refractivity contribution in [2.24, 2.45) is 5.92 Å². The van der Waals surface area contributed by atoms with Crippen molar-refractivity contribution < 1.29 is 19.1 Å². The lowest BCUT2D eigenvalue weighted by Gasteiger charge is -2.32. The van der Waals surface area contributed by atoms with Crippen LogP contribution in [0.5, 0.6) is 0 Å². The van der Waals surface area contributed by atoms with Crippen molar-refractivity contribution in [3.05, 3.63) is 76.2 Å². The van der Waals surface area contributed by atoms with Crippen LogP contribution in [0.2, 0.25) is 0 Å². The van der Waals surface area contributed by atoms with E-state index in [0.717, 1.165) is 23.7 Å².